The van der Waals surface area contributed by atoms with E-state index >= 15 is 0 Å². The molecule has 0 amide bonds. The van der Waals surface area contributed by atoms with Crippen LogP contribution in [-0.2, 0) is 4.79 Å². The molecule has 0 unspecified atom stereocenters. The molecule has 2 aromatic rings. The van der Waals surface area contributed by atoms with Crippen LogP contribution in [0, 0.1) is 6.92 Å². The molecule has 2 heteroatoms. The first kappa shape index (κ1) is 11.9. The molecule has 0 aromatic heterocycles. The summed E-state index contributed by atoms with van der Waals surface area (Å²) < 4.78 is 0. The zero-order valence-corrected chi connectivity index (χ0v) is 9.13. The molecule has 2 rings (SSSR count). The number of nitrogens with zero attached hydrogens (tertiary/aromatic N) is 1. The van der Waals surface area contributed by atoms with E-state index in [1.165, 1.54) is 11.6 Å². The third kappa shape index (κ3) is 4.89. The van der Waals surface area contributed by atoms with Gasteiger partial charge in [-0.3, -0.25) is 0 Å². The Kier molecular flexibility index (Phi) is 5.32. The molecule has 0 aliphatic carbocycles. The van der Waals surface area contributed by atoms with Crippen LogP contribution in [-0.4, -0.2) is 6.08 Å². The maximum atomic E-state index is 9.68. The number of carbonyl (C=O) groups excluding carboxylic acids is 1. The number of rotatable bonds is 1. The molecule has 2 aromatic carbocycles. The van der Waals surface area contributed by atoms with Gasteiger partial charge in [0.05, 0.1) is 5.69 Å². The number of aryl methyl sites for hydroxylation is 1. The van der Waals surface area contributed by atoms with Crippen molar-refractivity contribution in [2.24, 2.45) is 4.99 Å². The Morgan fingerprint density at radius 3 is 1.75 bits per heavy atom. The molecule has 0 radical (unpaired) electrons. The third-order valence-electron chi connectivity index (χ3n) is 1.87. The molecular weight excluding hydrogens is 198 g/mol. The van der Waals surface area contributed by atoms with Gasteiger partial charge in [0.15, 0.2) is 0 Å². The number of isocyanates is 1. The van der Waals surface area contributed by atoms with Crippen molar-refractivity contribution in [1.29, 1.82) is 0 Å². The summed E-state index contributed by atoms with van der Waals surface area (Å²) in [7, 11) is 0. The summed E-state index contributed by atoms with van der Waals surface area (Å²) in [4.78, 5) is 13.1. The Hall–Kier alpha value is -2.18. The highest BCUT2D eigenvalue weighted by Crippen LogP contribution is 2.06. The average Bonchev–Trinajstić information content (AvgIpc) is 2.33. The molecule has 0 bridgehead atoms. The molecule has 0 aliphatic heterocycles. The molecule has 2 nitrogen and oxygen atoms in total. The first-order chi connectivity index (χ1) is 7.83. The summed E-state index contributed by atoms with van der Waals surface area (Å²) in [6.45, 7) is 2.08. The highest BCUT2D eigenvalue weighted by Gasteiger charge is 1.80. The molecule has 0 saturated carbocycles. The van der Waals surface area contributed by atoms with Gasteiger partial charge in [0.2, 0.25) is 6.08 Å². The minimum atomic E-state index is 0.646. The average molecular weight is 211 g/mol. The Labute approximate surface area is 95.3 Å². The quantitative estimate of drug-likeness (QED) is 0.523. The Bertz CT molecular complexity index is 445. The summed E-state index contributed by atoms with van der Waals surface area (Å²) in [5.74, 6) is 0. The van der Waals surface area contributed by atoms with Crippen LogP contribution in [0.3, 0.4) is 0 Å². The van der Waals surface area contributed by atoms with Crippen molar-refractivity contribution in [3.63, 3.8) is 0 Å². The van der Waals surface area contributed by atoms with E-state index in [1.807, 2.05) is 36.4 Å². The van der Waals surface area contributed by atoms with Gasteiger partial charge in [0, 0.05) is 0 Å². The lowest BCUT2D eigenvalue weighted by molar-refractivity contribution is 0.565. The predicted octanol–water partition coefficient (Wildman–Crippen LogP) is 3.65. The fourth-order valence-corrected chi connectivity index (χ4v) is 1.09. The van der Waals surface area contributed by atoms with Crippen LogP contribution in [0.25, 0.3) is 0 Å². The SMILES string of the molecule is Cc1ccccc1.O=C=Nc1ccccc1. The molecule has 0 atom stereocenters. The van der Waals surface area contributed by atoms with Crippen molar-refractivity contribution in [2.45, 2.75) is 6.92 Å². The lowest BCUT2D eigenvalue weighted by Gasteiger charge is -1.83. The minimum absolute atomic E-state index is 0.646. The van der Waals surface area contributed by atoms with Crippen molar-refractivity contribution in [2.75, 3.05) is 0 Å². The topological polar surface area (TPSA) is 29.4 Å². The van der Waals surface area contributed by atoms with Gasteiger partial charge in [0.25, 0.3) is 0 Å². The van der Waals surface area contributed by atoms with Gasteiger partial charge in [-0.25, -0.2) is 4.79 Å². The van der Waals surface area contributed by atoms with Crippen molar-refractivity contribution >= 4 is 11.8 Å². The van der Waals surface area contributed by atoms with Crippen LogP contribution in [0.2, 0.25) is 0 Å². The number of hydrogen-bond donors (Lipinski definition) is 0. The fraction of sp³-hybridized carbons (Fsp3) is 0.0714. The summed E-state index contributed by atoms with van der Waals surface area (Å²) in [5.41, 5.74) is 1.97. The Morgan fingerprint density at radius 1 is 0.875 bits per heavy atom. The lowest BCUT2D eigenvalue weighted by atomic mass is 10.2. The van der Waals surface area contributed by atoms with Gasteiger partial charge in [-0.1, -0.05) is 54.1 Å². The fourth-order valence-electron chi connectivity index (χ4n) is 1.09. The van der Waals surface area contributed by atoms with Crippen molar-refractivity contribution in [3.05, 3.63) is 66.2 Å². The molecule has 0 aliphatic rings. The van der Waals surface area contributed by atoms with E-state index in [0.717, 1.165) is 0 Å². The maximum Gasteiger partial charge on any atom is 0.240 e. The first-order valence-electron chi connectivity index (χ1n) is 4.97. The van der Waals surface area contributed by atoms with Gasteiger partial charge in [0.1, 0.15) is 0 Å². The lowest BCUT2D eigenvalue weighted by Crippen LogP contribution is -1.62. The molecule has 0 saturated heterocycles. The largest absolute Gasteiger partial charge is 0.240 e. The third-order valence-corrected chi connectivity index (χ3v) is 1.87. The Morgan fingerprint density at radius 2 is 1.38 bits per heavy atom. The minimum Gasteiger partial charge on any atom is -0.211 e. The van der Waals surface area contributed by atoms with Crippen molar-refractivity contribution < 1.29 is 4.79 Å². The van der Waals surface area contributed by atoms with E-state index in [2.05, 4.69) is 24.0 Å². The second kappa shape index (κ2) is 7.16. The standard InChI is InChI=1S/C7H5NO.C7H8/c9-6-8-7-4-2-1-3-5-7;1-7-5-3-2-4-6-7/h1-5H;2-6H,1H3. The van der Waals surface area contributed by atoms with E-state index in [9.17, 15) is 4.79 Å². The van der Waals surface area contributed by atoms with Gasteiger partial charge in [-0.15, -0.1) is 0 Å². The highest BCUT2D eigenvalue weighted by molar-refractivity contribution is 5.47. The molecule has 0 heterocycles. The monoisotopic (exact) mass is 211 g/mol. The molecule has 80 valence electrons. The zero-order chi connectivity index (χ0) is 11.6. The second-order valence-corrected chi connectivity index (χ2v) is 3.19. The normalized spacial score (nSPS) is 8.31. The molecule has 16 heavy (non-hydrogen) atoms. The van der Waals surface area contributed by atoms with Gasteiger partial charge < -0.3 is 0 Å². The Balaban J connectivity index is 0.000000165. The van der Waals surface area contributed by atoms with Crippen LogP contribution in [0.4, 0.5) is 5.69 Å². The summed E-state index contributed by atoms with van der Waals surface area (Å²) >= 11 is 0. The van der Waals surface area contributed by atoms with Crippen LogP contribution in [0.5, 0.6) is 0 Å². The zero-order valence-electron chi connectivity index (χ0n) is 9.13. The number of benzene rings is 2. The van der Waals surface area contributed by atoms with Crippen LogP contribution in [0.15, 0.2) is 65.7 Å². The number of aliphatic imine (C=N–C) groups is 1. The van der Waals surface area contributed by atoms with Gasteiger partial charge in [-0.2, -0.15) is 4.99 Å². The highest BCUT2D eigenvalue weighted by atomic mass is 16.1. The van der Waals surface area contributed by atoms with Crippen LogP contribution in [0.1, 0.15) is 5.56 Å². The van der Waals surface area contributed by atoms with E-state index in [0.29, 0.717) is 5.69 Å². The van der Waals surface area contributed by atoms with Crippen LogP contribution < -0.4 is 0 Å². The molecule has 0 N–H and O–H groups in total. The van der Waals surface area contributed by atoms with E-state index in [1.54, 1.807) is 12.1 Å². The van der Waals surface area contributed by atoms with E-state index < -0.39 is 0 Å². The summed E-state index contributed by atoms with van der Waals surface area (Å²) in [6, 6.07) is 19.2. The summed E-state index contributed by atoms with van der Waals surface area (Å²) in [6.07, 6.45) is 1.46. The van der Waals surface area contributed by atoms with Crippen LogP contribution >= 0.6 is 0 Å². The maximum absolute atomic E-state index is 9.68. The molecular formula is C14H13NO. The first-order valence-corrected chi connectivity index (χ1v) is 4.97. The summed E-state index contributed by atoms with van der Waals surface area (Å²) in [5, 5.41) is 0. The number of hydrogen-bond acceptors (Lipinski definition) is 2. The van der Waals surface area contributed by atoms with Gasteiger partial charge >= 0.3 is 0 Å². The molecule has 0 fully saturated rings. The van der Waals surface area contributed by atoms with Crippen molar-refractivity contribution in [1.82, 2.24) is 0 Å². The smallest absolute Gasteiger partial charge is 0.211 e. The molecule has 0 spiro atoms. The second-order valence-electron chi connectivity index (χ2n) is 3.19. The number of para-hydroxylation sites is 1. The van der Waals surface area contributed by atoms with Crippen molar-refractivity contribution in [3.8, 4) is 0 Å². The van der Waals surface area contributed by atoms with E-state index in [4.69, 9.17) is 0 Å². The van der Waals surface area contributed by atoms with E-state index in [-0.39, 0.29) is 0 Å². The van der Waals surface area contributed by atoms with Gasteiger partial charge in [-0.05, 0) is 19.1 Å². The predicted molar refractivity (Wildman–Crippen MR) is 65.4 cm³/mol.